The Kier molecular flexibility index (Phi) is 9.10. The number of aromatic nitrogens is 3. The molecule has 0 bridgehead atoms. The van der Waals surface area contributed by atoms with E-state index in [1.54, 1.807) is 12.0 Å². The third-order valence-corrected chi connectivity index (χ3v) is 1.63. The van der Waals surface area contributed by atoms with Gasteiger partial charge < -0.3 is 5.73 Å². The Morgan fingerprint density at radius 3 is 2.05 bits per heavy atom. The summed E-state index contributed by atoms with van der Waals surface area (Å²) >= 11 is 0. The Bertz CT molecular complexity index is 419. The topological polar surface area (TPSA) is 67.6 Å². The van der Waals surface area contributed by atoms with Gasteiger partial charge in [-0.1, -0.05) is 26.5 Å². The molecule has 108 valence electrons. The second-order valence-corrected chi connectivity index (χ2v) is 2.73. The van der Waals surface area contributed by atoms with Crippen molar-refractivity contribution in [1.29, 1.82) is 0 Å². The normalized spacial score (nSPS) is 10.7. The molecule has 0 atom stereocenters. The Labute approximate surface area is 110 Å². The molecule has 19 heavy (non-hydrogen) atoms. The predicted molar refractivity (Wildman–Crippen MR) is 71.0 cm³/mol. The molecule has 0 spiro atoms. The maximum atomic E-state index is 12.2. The van der Waals surface area contributed by atoms with E-state index in [-0.39, 0.29) is 17.1 Å². The first-order chi connectivity index (χ1) is 8.86. The van der Waals surface area contributed by atoms with Crippen LogP contribution in [0.15, 0.2) is 31.5 Å². The first-order valence-electron chi connectivity index (χ1n) is 5.47. The number of hydrogen-bond donors (Lipinski definition) is 2. The highest BCUT2D eigenvalue weighted by Crippen LogP contribution is 2.27. The molecular weight excluding hydrogens is 257 g/mol. The van der Waals surface area contributed by atoms with Gasteiger partial charge >= 0.3 is 6.18 Å². The van der Waals surface area contributed by atoms with Gasteiger partial charge in [0.2, 0.25) is 5.82 Å². The van der Waals surface area contributed by atoms with Crippen LogP contribution in [-0.4, -0.2) is 15.2 Å². The van der Waals surface area contributed by atoms with Crippen molar-refractivity contribution in [2.45, 2.75) is 26.9 Å². The van der Waals surface area contributed by atoms with E-state index in [0.29, 0.717) is 0 Å². The summed E-state index contributed by atoms with van der Waals surface area (Å²) in [5.74, 6) is -1.27. The number of nitrogens with one attached hydrogen (secondary N) is 1. The SMILES string of the molecule is C=C.C=C(N)/C(=C\C)c1n[nH]c(C(F)(F)F)n1.CC. The minimum atomic E-state index is -4.54. The molecule has 0 aliphatic rings. The van der Waals surface area contributed by atoms with Crippen LogP contribution in [0.3, 0.4) is 0 Å². The Hall–Kier alpha value is -2.05. The van der Waals surface area contributed by atoms with Crippen molar-refractivity contribution >= 4 is 5.57 Å². The molecule has 7 heteroatoms. The van der Waals surface area contributed by atoms with Gasteiger partial charge in [0.15, 0.2) is 5.82 Å². The van der Waals surface area contributed by atoms with Gasteiger partial charge in [-0.25, -0.2) is 4.98 Å². The number of halogens is 3. The van der Waals surface area contributed by atoms with Crippen molar-refractivity contribution in [2.75, 3.05) is 0 Å². The molecule has 1 aromatic rings. The minimum absolute atomic E-state index is 0.114. The lowest BCUT2D eigenvalue weighted by atomic mass is 10.2. The summed E-state index contributed by atoms with van der Waals surface area (Å²) in [5.41, 5.74) is 5.75. The van der Waals surface area contributed by atoms with Gasteiger partial charge in [0.25, 0.3) is 0 Å². The third-order valence-electron chi connectivity index (χ3n) is 1.63. The zero-order valence-electron chi connectivity index (χ0n) is 11.3. The fourth-order valence-corrected chi connectivity index (χ4v) is 0.967. The molecule has 0 fully saturated rings. The van der Waals surface area contributed by atoms with Gasteiger partial charge in [-0.15, -0.1) is 13.2 Å². The molecule has 0 amide bonds. The molecular formula is C12H19F3N4. The van der Waals surface area contributed by atoms with Crippen molar-refractivity contribution in [3.05, 3.63) is 43.2 Å². The largest absolute Gasteiger partial charge is 0.451 e. The number of alkyl halides is 3. The number of hydrogen-bond acceptors (Lipinski definition) is 3. The van der Waals surface area contributed by atoms with Crippen molar-refractivity contribution in [3.63, 3.8) is 0 Å². The summed E-state index contributed by atoms with van der Waals surface area (Å²) in [5, 5.41) is 5.20. The second kappa shape index (κ2) is 8.96. The summed E-state index contributed by atoms with van der Waals surface area (Å²) in [7, 11) is 0. The van der Waals surface area contributed by atoms with Crippen molar-refractivity contribution in [1.82, 2.24) is 15.2 Å². The highest BCUT2D eigenvalue weighted by Gasteiger charge is 2.35. The van der Waals surface area contributed by atoms with Gasteiger partial charge in [-0.3, -0.25) is 5.10 Å². The van der Waals surface area contributed by atoms with E-state index >= 15 is 0 Å². The second-order valence-electron chi connectivity index (χ2n) is 2.73. The number of aromatic amines is 1. The number of nitrogens with zero attached hydrogens (tertiary/aromatic N) is 2. The summed E-state index contributed by atoms with van der Waals surface area (Å²) in [4.78, 5) is 3.27. The van der Waals surface area contributed by atoms with E-state index in [1.165, 1.54) is 6.08 Å². The summed E-state index contributed by atoms with van der Waals surface area (Å²) in [6.45, 7) is 15.0. The van der Waals surface area contributed by atoms with Crippen LogP contribution in [0.1, 0.15) is 32.4 Å². The zero-order valence-corrected chi connectivity index (χ0v) is 11.3. The van der Waals surface area contributed by atoms with E-state index in [1.807, 2.05) is 13.8 Å². The van der Waals surface area contributed by atoms with Crippen LogP contribution in [0.5, 0.6) is 0 Å². The van der Waals surface area contributed by atoms with Crippen LogP contribution < -0.4 is 5.73 Å². The van der Waals surface area contributed by atoms with E-state index < -0.39 is 12.0 Å². The van der Waals surface area contributed by atoms with Crippen molar-refractivity contribution in [2.24, 2.45) is 5.73 Å². The molecule has 0 radical (unpaired) electrons. The monoisotopic (exact) mass is 276 g/mol. The lowest BCUT2D eigenvalue weighted by Gasteiger charge is -2.00. The Balaban J connectivity index is 0. The molecule has 4 nitrogen and oxygen atoms in total. The maximum absolute atomic E-state index is 12.2. The molecule has 1 aromatic heterocycles. The number of nitrogens with two attached hydrogens (primary N) is 1. The van der Waals surface area contributed by atoms with E-state index in [9.17, 15) is 13.2 Å². The maximum Gasteiger partial charge on any atom is 0.451 e. The quantitative estimate of drug-likeness (QED) is 0.641. The average molecular weight is 276 g/mol. The molecule has 3 N–H and O–H groups in total. The molecule has 0 aliphatic heterocycles. The number of allylic oxidation sites excluding steroid dienone is 2. The molecule has 0 unspecified atom stereocenters. The molecule has 1 rings (SSSR count). The zero-order chi connectivity index (χ0) is 15.6. The average Bonchev–Trinajstić information content (AvgIpc) is 2.84. The van der Waals surface area contributed by atoms with Crippen LogP contribution in [0.4, 0.5) is 13.2 Å². The van der Waals surface area contributed by atoms with E-state index in [0.717, 1.165) is 0 Å². The predicted octanol–water partition coefficient (Wildman–Crippen LogP) is 3.53. The highest BCUT2D eigenvalue weighted by molar-refractivity contribution is 5.72. The smallest absolute Gasteiger partial charge is 0.399 e. The van der Waals surface area contributed by atoms with Crippen LogP contribution in [-0.2, 0) is 6.18 Å². The highest BCUT2D eigenvalue weighted by atomic mass is 19.4. The van der Waals surface area contributed by atoms with Gasteiger partial charge in [-0.05, 0) is 6.92 Å². The number of rotatable bonds is 2. The van der Waals surface area contributed by atoms with Gasteiger partial charge in [-0.2, -0.15) is 18.3 Å². The van der Waals surface area contributed by atoms with Crippen LogP contribution in [0.2, 0.25) is 0 Å². The summed E-state index contributed by atoms with van der Waals surface area (Å²) in [6.07, 6.45) is -3.05. The Morgan fingerprint density at radius 2 is 1.79 bits per heavy atom. The molecule has 0 saturated heterocycles. The van der Waals surface area contributed by atoms with Gasteiger partial charge in [0.05, 0.1) is 0 Å². The fourth-order valence-electron chi connectivity index (χ4n) is 0.967. The van der Waals surface area contributed by atoms with Crippen LogP contribution in [0, 0.1) is 0 Å². The summed E-state index contributed by atoms with van der Waals surface area (Å²) in [6, 6.07) is 0. The van der Waals surface area contributed by atoms with E-state index in [2.05, 4.69) is 29.8 Å². The van der Waals surface area contributed by atoms with Crippen molar-refractivity contribution < 1.29 is 13.2 Å². The molecule has 0 aliphatic carbocycles. The van der Waals surface area contributed by atoms with Gasteiger partial charge in [0.1, 0.15) is 0 Å². The minimum Gasteiger partial charge on any atom is -0.399 e. The van der Waals surface area contributed by atoms with E-state index in [4.69, 9.17) is 5.73 Å². The standard InChI is InChI=1S/C8H9F3N4.C2H6.C2H4/c1-3-5(4(2)12)6-13-7(15-14-6)8(9,10)11;2*1-2/h3H,2,12H2,1H3,(H,13,14,15);1-2H3;1-2H2/b5-3+;;. The van der Waals surface area contributed by atoms with Gasteiger partial charge in [0, 0.05) is 11.3 Å². The first-order valence-corrected chi connectivity index (χ1v) is 5.47. The van der Waals surface area contributed by atoms with Crippen LogP contribution >= 0.6 is 0 Å². The molecule has 1 heterocycles. The fraction of sp³-hybridized carbons (Fsp3) is 0.333. The summed E-state index contributed by atoms with van der Waals surface area (Å²) < 4.78 is 36.5. The third kappa shape index (κ3) is 5.89. The molecule has 0 saturated carbocycles. The lowest BCUT2D eigenvalue weighted by molar-refractivity contribution is -0.144. The number of H-pyrrole nitrogens is 1. The molecule has 0 aromatic carbocycles. The van der Waals surface area contributed by atoms with Crippen LogP contribution in [0.25, 0.3) is 5.57 Å². The lowest BCUT2D eigenvalue weighted by Crippen LogP contribution is -2.07. The first kappa shape index (κ1) is 19.3. The van der Waals surface area contributed by atoms with Crippen molar-refractivity contribution in [3.8, 4) is 0 Å². The Morgan fingerprint density at radius 1 is 1.32 bits per heavy atom.